The highest BCUT2D eigenvalue weighted by atomic mass is 16.5. The molecule has 280 valence electrons. The molecule has 6 rings (SSSR count). The van der Waals surface area contributed by atoms with Crippen molar-refractivity contribution >= 4 is 39.3 Å². The molecule has 0 fully saturated rings. The summed E-state index contributed by atoms with van der Waals surface area (Å²) in [6.45, 7) is 4.37. The normalized spacial score (nSPS) is 12.3. The van der Waals surface area contributed by atoms with Crippen LogP contribution in [-0.4, -0.2) is 55.5 Å². The van der Waals surface area contributed by atoms with E-state index in [2.05, 4.69) is 9.97 Å². The van der Waals surface area contributed by atoms with Crippen LogP contribution in [-0.2, 0) is 57.8 Å². The molecule has 0 aliphatic heterocycles. The molecule has 0 saturated heterocycles. The zero-order valence-corrected chi connectivity index (χ0v) is 30.8. The number of benzene rings is 2. The van der Waals surface area contributed by atoms with Gasteiger partial charge in [-0.15, -0.1) is 0 Å². The average Bonchev–Trinajstić information content (AvgIpc) is 3.73. The van der Waals surface area contributed by atoms with Crippen molar-refractivity contribution in [2.24, 2.45) is 0 Å². The van der Waals surface area contributed by atoms with Crippen molar-refractivity contribution in [3.63, 3.8) is 0 Å². The third-order valence-electron chi connectivity index (χ3n) is 10.1. The van der Waals surface area contributed by atoms with E-state index in [1.165, 1.54) is 26.4 Å². The van der Waals surface area contributed by atoms with Gasteiger partial charge in [0.2, 0.25) is 0 Å². The lowest BCUT2D eigenvalue weighted by atomic mass is 9.93. The maximum Gasteiger partial charge on any atom is 0.339 e. The first kappa shape index (κ1) is 37.5. The zero-order valence-electron chi connectivity index (χ0n) is 30.8. The highest BCUT2D eigenvalue weighted by Crippen LogP contribution is 2.35. The van der Waals surface area contributed by atoms with Crippen LogP contribution in [0.4, 0.5) is 0 Å². The Balaban J connectivity index is 1.41. The molecule has 12 heteroatoms. The van der Waals surface area contributed by atoms with Gasteiger partial charge >= 0.3 is 11.9 Å². The van der Waals surface area contributed by atoms with E-state index in [9.17, 15) is 29.4 Å². The summed E-state index contributed by atoms with van der Waals surface area (Å²) in [7, 11) is 2.61. The van der Waals surface area contributed by atoms with E-state index in [1.54, 1.807) is 27.6 Å². The van der Waals surface area contributed by atoms with Crippen molar-refractivity contribution in [2.45, 2.75) is 65.0 Å². The van der Waals surface area contributed by atoms with Gasteiger partial charge in [0, 0.05) is 76.2 Å². The van der Waals surface area contributed by atoms with Crippen LogP contribution in [0.1, 0.15) is 59.8 Å². The molecule has 6 aromatic rings. The number of hydrogen-bond donors (Lipinski definition) is 4. The number of aromatic hydroxyl groups is 2. The Morgan fingerprint density at radius 3 is 1.81 bits per heavy atom. The van der Waals surface area contributed by atoms with E-state index in [0.717, 1.165) is 32.9 Å². The van der Waals surface area contributed by atoms with Crippen LogP contribution in [0.2, 0.25) is 0 Å². The summed E-state index contributed by atoms with van der Waals surface area (Å²) in [5, 5.41) is 22.2. The summed E-state index contributed by atoms with van der Waals surface area (Å²) in [4.78, 5) is 59.7. The molecule has 12 nitrogen and oxygen atoms in total. The van der Waals surface area contributed by atoms with Gasteiger partial charge in [0.1, 0.15) is 17.4 Å². The largest absolute Gasteiger partial charge is 0.507 e. The number of methoxy groups -OCH3 is 2. The van der Waals surface area contributed by atoms with Crippen LogP contribution in [0.25, 0.3) is 27.4 Å². The molecular formula is C42H44N4O8. The van der Waals surface area contributed by atoms with E-state index in [1.807, 2.05) is 62.4 Å². The quantitative estimate of drug-likeness (QED) is 0.0794. The van der Waals surface area contributed by atoms with Crippen molar-refractivity contribution in [3.05, 3.63) is 133 Å². The van der Waals surface area contributed by atoms with Gasteiger partial charge in [-0.2, -0.15) is 0 Å². The second-order valence-electron chi connectivity index (χ2n) is 13.1. The predicted octanol–water partition coefficient (Wildman–Crippen LogP) is 5.90. The number of carbonyl (C=O) groups excluding carboxylic acids is 2. The number of aromatic nitrogens is 4. The number of nitrogens with one attached hydrogen (secondary N) is 2. The van der Waals surface area contributed by atoms with Crippen LogP contribution in [0, 0.1) is 0 Å². The summed E-state index contributed by atoms with van der Waals surface area (Å²) in [5.74, 6) is -2.08. The molecule has 0 spiro atoms. The van der Waals surface area contributed by atoms with Crippen LogP contribution >= 0.6 is 0 Å². The number of hydrogen-bond acceptors (Lipinski definition) is 8. The number of carbonyl (C=O) groups is 2. The molecule has 4 aromatic heterocycles. The molecule has 0 radical (unpaired) electrons. The lowest BCUT2D eigenvalue weighted by molar-refractivity contribution is -0.142. The molecule has 1 atom stereocenters. The number of esters is 2. The Labute approximate surface area is 311 Å². The van der Waals surface area contributed by atoms with Crippen molar-refractivity contribution in [1.29, 1.82) is 0 Å². The number of rotatable bonds is 14. The predicted molar refractivity (Wildman–Crippen MR) is 207 cm³/mol. The molecule has 0 saturated carbocycles. The number of aryl methyl sites for hydroxylation is 6. The molecular weight excluding hydrogens is 688 g/mol. The monoisotopic (exact) mass is 732 g/mol. The second-order valence-corrected chi connectivity index (χ2v) is 13.1. The van der Waals surface area contributed by atoms with E-state index in [4.69, 9.17) is 9.47 Å². The Morgan fingerprint density at radius 1 is 0.759 bits per heavy atom. The molecule has 1 unspecified atom stereocenters. The van der Waals surface area contributed by atoms with Crippen LogP contribution in [0.3, 0.4) is 0 Å². The number of aromatic amines is 2. The molecule has 0 aliphatic rings. The van der Waals surface area contributed by atoms with E-state index in [-0.39, 0.29) is 41.2 Å². The minimum absolute atomic E-state index is 0.0384. The Bertz CT molecular complexity index is 2500. The molecule has 2 aromatic carbocycles. The number of H-pyrrole nitrogens is 2. The SMILES string of the molecule is CCc1cn(CCc2c(/C(=C/CC(C(=O)OC)c3[nH]c4ccccc4c3CCn3cc(CC)c(O)cc3=O)C(=O)OC)[nH]c3ccccc23)c(=O)cc1O. The van der Waals surface area contributed by atoms with Gasteiger partial charge in [-0.05, 0) is 55.4 Å². The number of ether oxygens (including phenoxy) is 2. The van der Waals surface area contributed by atoms with Crippen LogP contribution in [0.5, 0.6) is 11.5 Å². The van der Waals surface area contributed by atoms with Gasteiger partial charge in [-0.1, -0.05) is 56.3 Å². The van der Waals surface area contributed by atoms with Crippen molar-refractivity contribution in [3.8, 4) is 11.5 Å². The smallest absolute Gasteiger partial charge is 0.339 e. The van der Waals surface area contributed by atoms with Gasteiger partial charge in [-0.25, -0.2) is 4.79 Å². The maximum atomic E-state index is 13.6. The number of allylic oxidation sites excluding steroid dienone is 1. The summed E-state index contributed by atoms with van der Waals surface area (Å²) in [6.07, 6.45) is 6.91. The van der Waals surface area contributed by atoms with Gasteiger partial charge < -0.3 is 38.8 Å². The first-order valence-corrected chi connectivity index (χ1v) is 18.0. The van der Waals surface area contributed by atoms with Gasteiger partial charge in [0.15, 0.2) is 0 Å². The third kappa shape index (κ3) is 7.45. The van der Waals surface area contributed by atoms with Gasteiger partial charge in [0.25, 0.3) is 11.1 Å². The fourth-order valence-corrected chi connectivity index (χ4v) is 7.16. The lowest BCUT2D eigenvalue weighted by Gasteiger charge is -2.16. The molecule has 0 amide bonds. The highest BCUT2D eigenvalue weighted by Gasteiger charge is 2.29. The van der Waals surface area contributed by atoms with Crippen molar-refractivity contribution in [1.82, 2.24) is 19.1 Å². The molecule has 0 bridgehead atoms. The second kappa shape index (κ2) is 16.2. The Morgan fingerprint density at radius 2 is 1.28 bits per heavy atom. The fourth-order valence-electron chi connectivity index (χ4n) is 7.16. The van der Waals surface area contributed by atoms with Crippen LogP contribution < -0.4 is 11.1 Å². The van der Waals surface area contributed by atoms with Gasteiger partial charge in [-0.3, -0.25) is 14.4 Å². The number of pyridine rings is 2. The first-order chi connectivity index (χ1) is 26.1. The zero-order chi connectivity index (χ0) is 38.5. The summed E-state index contributed by atoms with van der Waals surface area (Å²) < 4.78 is 13.7. The Hall–Kier alpha value is -6.30. The molecule has 54 heavy (non-hydrogen) atoms. The standard InChI is InChI=1S/C42H44N4O8/c1-5-25-23-45(37(49)21-35(25)47)19-17-29-27-11-7-9-13-33(27)43-39(29)31(41(51)53-3)15-16-32(42(52)54-4)40-30(28-12-8-10-14-34(28)44-40)18-20-46-24-26(6-2)36(48)22-38(46)50/h7-15,21-24,32,43-44,47-48H,5-6,16-20H2,1-4H3/b31-15-. The van der Waals surface area contributed by atoms with Crippen molar-refractivity contribution in [2.75, 3.05) is 14.2 Å². The number of nitrogens with zero attached hydrogens (tertiary/aromatic N) is 2. The minimum atomic E-state index is -0.865. The summed E-state index contributed by atoms with van der Waals surface area (Å²) in [6, 6.07) is 17.7. The minimum Gasteiger partial charge on any atom is -0.507 e. The fraction of sp³-hybridized carbons (Fsp3) is 0.286. The third-order valence-corrected chi connectivity index (χ3v) is 10.1. The molecule has 4 N–H and O–H groups in total. The lowest BCUT2D eigenvalue weighted by Crippen LogP contribution is -2.21. The summed E-state index contributed by atoms with van der Waals surface area (Å²) in [5.41, 5.74) is 5.13. The first-order valence-electron chi connectivity index (χ1n) is 18.0. The molecule has 0 aliphatic carbocycles. The van der Waals surface area contributed by atoms with Crippen molar-refractivity contribution < 1.29 is 29.3 Å². The van der Waals surface area contributed by atoms with E-state index in [0.29, 0.717) is 54.7 Å². The number of fused-ring (bicyclic) bond motifs is 2. The highest BCUT2D eigenvalue weighted by molar-refractivity contribution is 6.17. The average molecular weight is 733 g/mol. The number of para-hydroxylation sites is 2. The maximum absolute atomic E-state index is 13.6. The van der Waals surface area contributed by atoms with E-state index < -0.39 is 17.9 Å². The van der Waals surface area contributed by atoms with Crippen LogP contribution in [0.15, 0.2) is 88.7 Å². The van der Waals surface area contributed by atoms with E-state index >= 15 is 0 Å². The topological polar surface area (TPSA) is 169 Å². The van der Waals surface area contributed by atoms with Gasteiger partial charge in [0.05, 0.1) is 25.5 Å². The Kier molecular flexibility index (Phi) is 11.2. The summed E-state index contributed by atoms with van der Waals surface area (Å²) >= 11 is 0. The molecule has 4 heterocycles.